The van der Waals surface area contributed by atoms with E-state index in [9.17, 15) is 0 Å². The van der Waals surface area contributed by atoms with Crippen LogP contribution in [0, 0.1) is 19.3 Å². The summed E-state index contributed by atoms with van der Waals surface area (Å²) >= 11 is 1.75. The lowest BCUT2D eigenvalue weighted by Crippen LogP contribution is -2.42. The number of nitrogens with zero attached hydrogens (tertiary/aromatic N) is 2. The van der Waals surface area contributed by atoms with E-state index in [0.29, 0.717) is 5.41 Å². The van der Waals surface area contributed by atoms with Gasteiger partial charge in [0.1, 0.15) is 17.0 Å². The highest BCUT2D eigenvalue weighted by atomic mass is 32.1. The number of piperidine rings is 1. The maximum absolute atomic E-state index is 4.46. The summed E-state index contributed by atoms with van der Waals surface area (Å²) in [7, 11) is 0. The van der Waals surface area contributed by atoms with Crippen LogP contribution in [0.2, 0.25) is 0 Å². The van der Waals surface area contributed by atoms with Crippen molar-refractivity contribution >= 4 is 27.4 Å². The van der Waals surface area contributed by atoms with Crippen LogP contribution in [0.1, 0.15) is 30.2 Å². The Labute approximate surface area is 124 Å². The van der Waals surface area contributed by atoms with Crippen molar-refractivity contribution in [2.45, 2.75) is 33.6 Å². The van der Waals surface area contributed by atoms with Crippen LogP contribution in [0.25, 0.3) is 10.2 Å². The van der Waals surface area contributed by atoms with E-state index in [-0.39, 0.29) is 0 Å². The van der Waals surface area contributed by atoms with Crippen LogP contribution >= 0.6 is 11.3 Å². The fourth-order valence-electron chi connectivity index (χ4n) is 2.88. The minimum absolute atomic E-state index is 0.314. The fourth-order valence-corrected chi connectivity index (χ4v) is 3.88. The number of anilines is 1. The van der Waals surface area contributed by atoms with Gasteiger partial charge in [0.2, 0.25) is 0 Å². The monoisotopic (exact) mass is 290 g/mol. The SMILES string of the molecule is Cc1sc2ncnc(NCC3(C)CCCNC3)c2c1C. The van der Waals surface area contributed by atoms with Gasteiger partial charge in [0, 0.05) is 18.0 Å². The Morgan fingerprint density at radius 1 is 1.40 bits per heavy atom. The van der Waals surface area contributed by atoms with Crippen LogP contribution in [-0.4, -0.2) is 29.6 Å². The molecule has 0 aliphatic carbocycles. The third kappa shape index (κ3) is 2.52. The highest BCUT2D eigenvalue weighted by Gasteiger charge is 2.26. The first-order valence-corrected chi connectivity index (χ1v) is 8.06. The van der Waals surface area contributed by atoms with Gasteiger partial charge in [-0.05, 0) is 44.2 Å². The molecule has 0 amide bonds. The molecule has 3 rings (SSSR count). The first-order chi connectivity index (χ1) is 9.59. The average molecular weight is 290 g/mol. The van der Waals surface area contributed by atoms with Gasteiger partial charge in [0.05, 0.1) is 5.39 Å². The molecule has 1 fully saturated rings. The zero-order valence-corrected chi connectivity index (χ0v) is 13.2. The summed E-state index contributed by atoms with van der Waals surface area (Å²) in [4.78, 5) is 11.3. The van der Waals surface area contributed by atoms with Crippen molar-refractivity contribution in [3.05, 3.63) is 16.8 Å². The van der Waals surface area contributed by atoms with Gasteiger partial charge >= 0.3 is 0 Å². The largest absolute Gasteiger partial charge is 0.369 e. The third-order valence-electron chi connectivity index (χ3n) is 4.33. The summed E-state index contributed by atoms with van der Waals surface area (Å²) in [5, 5.41) is 8.26. The van der Waals surface area contributed by atoms with E-state index in [4.69, 9.17) is 0 Å². The molecule has 1 saturated heterocycles. The molecular weight excluding hydrogens is 268 g/mol. The van der Waals surface area contributed by atoms with E-state index in [0.717, 1.165) is 30.3 Å². The summed E-state index contributed by atoms with van der Waals surface area (Å²) in [5.41, 5.74) is 1.62. The molecule has 0 saturated carbocycles. The molecule has 5 heteroatoms. The van der Waals surface area contributed by atoms with Crippen molar-refractivity contribution < 1.29 is 0 Å². The lowest BCUT2D eigenvalue weighted by molar-refractivity contribution is 0.253. The van der Waals surface area contributed by atoms with Gasteiger partial charge in [-0.1, -0.05) is 6.92 Å². The van der Waals surface area contributed by atoms with Gasteiger partial charge in [-0.25, -0.2) is 9.97 Å². The summed E-state index contributed by atoms with van der Waals surface area (Å²) in [6, 6.07) is 0. The number of hydrogen-bond donors (Lipinski definition) is 2. The Balaban J connectivity index is 1.84. The van der Waals surface area contributed by atoms with Crippen molar-refractivity contribution in [2.75, 3.05) is 25.0 Å². The second-order valence-electron chi connectivity index (χ2n) is 6.13. The molecule has 2 aromatic heterocycles. The van der Waals surface area contributed by atoms with Gasteiger partial charge in [-0.2, -0.15) is 0 Å². The van der Waals surface area contributed by atoms with E-state index in [1.165, 1.54) is 28.7 Å². The number of hydrogen-bond acceptors (Lipinski definition) is 5. The number of fused-ring (bicyclic) bond motifs is 1. The standard InChI is InChI=1S/C15H22N4S/c1-10-11(2)20-14-12(10)13(18-9-19-14)17-8-15(3)5-4-6-16-7-15/h9,16H,4-8H2,1-3H3,(H,17,18,19). The molecule has 1 aliphatic heterocycles. The van der Waals surface area contributed by atoms with Crippen LogP contribution in [0.3, 0.4) is 0 Å². The summed E-state index contributed by atoms with van der Waals surface area (Å²) in [6.45, 7) is 9.84. The molecule has 0 aromatic carbocycles. The van der Waals surface area contributed by atoms with Gasteiger partial charge in [-0.3, -0.25) is 0 Å². The van der Waals surface area contributed by atoms with Gasteiger partial charge in [0.25, 0.3) is 0 Å². The molecular formula is C15H22N4S. The van der Waals surface area contributed by atoms with Crippen LogP contribution in [0.5, 0.6) is 0 Å². The van der Waals surface area contributed by atoms with Gasteiger partial charge in [0.15, 0.2) is 0 Å². The Hall–Kier alpha value is -1.20. The minimum atomic E-state index is 0.314. The lowest BCUT2D eigenvalue weighted by Gasteiger charge is -2.34. The Kier molecular flexibility index (Phi) is 3.65. The second-order valence-corrected chi connectivity index (χ2v) is 7.33. The summed E-state index contributed by atoms with van der Waals surface area (Å²) in [6.07, 6.45) is 4.19. The Bertz CT molecular complexity index is 614. The average Bonchev–Trinajstić information content (AvgIpc) is 2.73. The van der Waals surface area contributed by atoms with Crippen molar-refractivity contribution in [1.82, 2.24) is 15.3 Å². The van der Waals surface area contributed by atoms with E-state index >= 15 is 0 Å². The van der Waals surface area contributed by atoms with E-state index in [1.54, 1.807) is 17.7 Å². The lowest BCUT2D eigenvalue weighted by atomic mass is 9.83. The van der Waals surface area contributed by atoms with Gasteiger partial charge in [-0.15, -0.1) is 11.3 Å². The normalized spacial score (nSPS) is 23.1. The summed E-state index contributed by atoms with van der Waals surface area (Å²) in [5.74, 6) is 0.989. The van der Waals surface area contributed by atoms with E-state index < -0.39 is 0 Å². The highest BCUT2D eigenvalue weighted by Crippen LogP contribution is 2.33. The molecule has 108 valence electrons. The first kappa shape index (κ1) is 13.8. The van der Waals surface area contributed by atoms with E-state index in [2.05, 4.69) is 41.4 Å². The molecule has 1 unspecified atom stereocenters. The van der Waals surface area contributed by atoms with Crippen molar-refractivity contribution in [2.24, 2.45) is 5.41 Å². The first-order valence-electron chi connectivity index (χ1n) is 7.24. The number of rotatable bonds is 3. The molecule has 20 heavy (non-hydrogen) atoms. The van der Waals surface area contributed by atoms with Crippen LogP contribution in [0.15, 0.2) is 6.33 Å². The quantitative estimate of drug-likeness (QED) is 0.912. The smallest absolute Gasteiger partial charge is 0.138 e. The predicted molar refractivity (Wildman–Crippen MR) is 85.6 cm³/mol. The molecule has 0 radical (unpaired) electrons. The maximum Gasteiger partial charge on any atom is 0.138 e. The molecule has 4 nitrogen and oxygen atoms in total. The number of nitrogens with one attached hydrogen (secondary N) is 2. The fraction of sp³-hybridized carbons (Fsp3) is 0.600. The molecule has 2 N–H and O–H groups in total. The third-order valence-corrected chi connectivity index (χ3v) is 5.45. The molecule has 1 aliphatic rings. The predicted octanol–water partition coefficient (Wildman–Crippen LogP) is 3.11. The molecule has 2 aromatic rings. The Morgan fingerprint density at radius 2 is 2.25 bits per heavy atom. The van der Waals surface area contributed by atoms with Crippen LogP contribution in [-0.2, 0) is 0 Å². The number of aromatic nitrogens is 2. The zero-order chi connectivity index (χ0) is 14.2. The van der Waals surface area contributed by atoms with Crippen LogP contribution in [0.4, 0.5) is 5.82 Å². The molecule has 1 atom stereocenters. The van der Waals surface area contributed by atoms with E-state index in [1.807, 2.05) is 0 Å². The highest BCUT2D eigenvalue weighted by molar-refractivity contribution is 7.18. The summed E-state index contributed by atoms with van der Waals surface area (Å²) < 4.78 is 0. The van der Waals surface area contributed by atoms with Crippen molar-refractivity contribution in [3.63, 3.8) is 0 Å². The Morgan fingerprint density at radius 3 is 3.00 bits per heavy atom. The van der Waals surface area contributed by atoms with Crippen LogP contribution < -0.4 is 10.6 Å². The zero-order valence-electron chi connectivity index (χ0n) is 12.4. The van der Waals surface area contributed by atoms with Gasteiger partial charge < -0.3 is 10.6 Å². The second kappa shape index (κ2) is 5.30. The molecule has 0 spiro atoms. The topological polar surface area (TPSA) is 49.8 Å². The van der Waals surface area contributed by atoms with Crippen molar-refractivity contribution in [1.29, 1.82) is 0 Å². The molecule has 0 bridgehead atoms. The molecule has 3 heterocycles. The number of thiophene rings is 1. The minimum Gasteiger partial charge on any atom is -0.369 e. The maximum atomic E-state index is 4.46. The number of aryl methyl sites for hydroxylation is 2. The van der Waals surface area contributed by atoms with Crippen molar-refractivity contribution in [3.8, 4) is 0 Å².